The quantitative estimate of drug-likeness (QED) is 0.278. The van der Waals surface area contributed by atoms with Crippen LogP contribution in [0.2, 0.25) is 0 Å². The van der Waals surface area contributed by atoms with Crippen molar-refractivity contribution in [1.29, 1.82) is 0 Å². The van der Waals surface area contributed by atoms with Gasteiger partial charge in [-0.3, -0.25) is 19.7 Å². The molecule has 1 unspecified atom stereocenters. The molecule has 0 fully saturated rings. The third-order valence-electron chi connectivity index (χ3n) is 4.73. The second kappa shape index (κ2) is 10.6. The number of nitrogens with two attached hydrogens (primary N) is 1. The number of primary amides is 1. The van der Waals surface area contributed by atoms with Crippen LogP contribution in [0.25, 0.3) is 0 Å². The van der Waals surface area contributed by atoms with Gasteiger partial charge < -0.3 is 15.8 Å². The number of carbonyl (C=O) groups is 3. The van der Waals surface area contributed by atoms with Crippen molar-refractivity contribution in [3.63, 3.8) is 0 Å². The Morgan fingerprint density at radius 3 is 2.21 bits per heavy atom. The fourth-order valence-electron chi connectivity index (χ4n) is 2.85. The zero-order valence-corrected chi connectivity index (χ0v) is 19.1. The van der Waals surface area contributed by atoms with E-state index in [0.29, 0.717) is 10.6 Å². The van der Waals surface area contributed by atoms with Crippen LogP contribution in [-0.4, -0.2) is 28.8 Å². The minimum absolute atomic E-state index is 0.0505. The van der Waals surface area contributed by atoms with Crippen molar-refractivity contribution in [3.8, 4) is 0 Å². The first-order chi connectivity index (χ1) is 16.1. The second-order valence-corrected chi connectivity index (χ2v) is 8.45. The van der Waals surface area contributed by atoms with Crippen LogP contribution < -0.4 is 11.1 Å². The average Bonchev–Trinajstić information content (AvgIpc) is 2.80. The van der Waals surface area contributed by atoms with Gasteiger partial charge >= 0.3 is 5.97 Å². The Morgan fingerprint density at radius 2 is 1.62 bits per heavy atom. The van der Waals surface area contributed by atoms with Crippen LogP contribution >= 0.6 is 11.8 Å². The van der Waals surface area contributed by atoms with E-state index in [4.69, 9.17) is 10.5 Å². The summed E-state index contributed by atoms with van der Waals surface area (Å²) in [6, 6.07) is 17.4. The van der Waals surface area contributed by atoms with Crippen LogP contribution in [0.3, 0.4) is 0 Å². The Kier molecular flexibility index (Phi) is 7.64. The summed E-state index contributed by atoms with van der Waals surface area (Å²) in [5, 5.41) is 14.1. The molecule has 0 bridgehead atoms. The molecule has 174 valence electrons. The molecule has 0 spiro atoms. The Hall–Kier alpha value is -4.18. The molecule has 0 aliphatic rings. The molecule has 3 aromatic carbocycles. The normalized spacial score (nSPS) is 11.4. The first kappa shape index (κ1) is 24.5. The topological polar surface area (TPSA) is 142 Å². The van der Waals surface area contributed by atoms with Gasteiger partial charge in [0.25, 0.3) is 11.6 Å². The molecular weight excluding hydrogens is 458 g/mol. The summed E-state index contributed by atoms with van der Waals surface area (Å²) in [5.74, 6) is -2.08. The highest BCUT2D eigenvalue weighted by Gasteiger charge is 2.23. The smallest absolute Gasteiger partial charge is 0.339 e. The highest BCUT2D eigenvalue weighted by molar-refractivity contribution is 7.99. The summed E-state index contributed by atoms with van der Waals surface area (Å²) < 4.78 is 5.18. The van der Waals surface area contributed by atoms with Gasteiger partial charge in [0.1, 0.15) is 0 Å². The van der Waals surface area contributed by atoms with Gasteiger partial charge in [0.15, 0.2) is 6.10 Å². The van der Waals surface area contributed by atoms with Gasteiger partial charge in [0.05, 0.1) is 15.4 Å². The molecule has 0 aliphatic carbocycles. The van der Waals surface area contributed by atoms with Gasteiger partial charge in [-0.15, -0.1) is 0 Å². The molecule has 0 saturated heterocycles. The number of nitro groups is 1. The van der Waals surface area contributed by atoms with Crippen molar-refractivity contribution in [2.24, 2.45) is 5.73 Å². The number of aryl methyl sites for hydroxylation is 1. The van der Waals surface area contributed by atoms with Gasteiger partial charge in [-0.05, 0) is 62.4 Å². The molecule has 0 aliphatic heterocycles. The molecular formula is C24H21N3O6S. The lowest BCUT2D eigenvalue weighted by molar-refractivity contribution is -0.387. The largest absolute Gasteiger partial charge is 0.449 e. The van der Waals surface area contributed by atoms with Crippen LogP contribution in [0.15, 0.2) is 76.5 Å². The van der Waals surface area contributed by atoms with E-state index in [1.807, 2.05) is 31.2 Å². The van der Waals surface area contributed by atoms with Gasteiger partial charge in [0, 0.05) is 22.2 Å². The minimum Gasteiger partial charge on any atom is -0.449 e. The predicted molar refractivity (Wildman–Crippen MR) is 127 cm³/mol. The third-order valence-corrected chi connectivity index (χ3v) is 5.80. The highest BCUT2D eigenvalue weighted by atomic mass is 32.2. The van der Waals surface area contributed by atoms with Gasteiger partial charge in [-0.25, -0.2) is 4.79 Å². The van der Waals surface area contributed by atoms with Crippen molar-refractivity contribution in [2.75, 3.05) is 5.32 Å². The number of carbonyl (C=O) groups excluding carboxylic acids is 3. The lowest BCUT2D eigenvalue weighted by Gasteiger charge is -2.14. The summed E-state index contributed by atoms with van der Waals surface area (Å²) in [6.07, 6.45) is -1.18. The van der Waals surface area contributed by atoms with Crippen LogP contribution in [0.5, 0.6) is 0 Å². The predicted octanol–water partition coefficient (Wildman–Crippen LogP) is 4.34. The number of ether oxygens (including phenoxy) is 1. The Bertz CT molecular complexity index is 1240. The molecule has 3 N–H and O–H groups in total. The van der Waals surface area contributed by atoms with Crippen LogP contribution in [0, 0.1) is 17.0 Å². The van der Waals surface area contributed by atoms with Crippen molar-refractivity contribution < 1.29 is 24.0 Å². The van der Waals surface area contributed by atoms with Crippen LogP contribution in [0.1, 0.15) is 33.2 Å². The van der Waals surface area contributed by atoms with Gasteiger partial charge in [-0.2, -0.15) is 0 Å². The van der Waals surface area contributed by atoms with Crippen LogP contribution in [0.4, 0.5) is 11.4 Å². The highest BCUT2D eigenvalue weighted by Crippen LogP contribution is 2.35. The molecule has 3 rings (SSSR count). The number of nitrogens with one attached hydrogen (secondary N) is 1. The Labute approximate surface area is 199 Å². The molecule has 10 heteroatoms. The lowest BCUT2D eigenvalue weighted by Crippen LogP contribution is -2.30. The van der Waals surface area contributed by atoms with E-state index in [2.05, 4.69) is 5.32 Å². The number of nitro benzene ring substituents is 1. The standard InChI is InChI=1S/C24H21N3O6S/c1-14-3-10-19(11-4-14)34-21-12-7-17(13-20(21)27(31)32)24(30)33-15(2)23(29)26-18-8-5-16(6-9-18)22(25)28/h3-13,15H,1-2H3,(H2,25,28)(H,26,29). The SMILES string of the molecule is Cc1ccc(Sc2ccc(C(=O)OC(C)C(=O)Nc3ccc(C(N)=O)cc3)cc2[N+](=O)[O-])cc1. The fraction of sp³-hybridized carbons (Fsp3) is 0.125. The number of benzene rings is 3. The van der Waals surface area contributed by atoms with E-state index < -0.39 is 28.8 Å². The van der Waals surface area contributed by atoms with E-state index in [0.717, 1.165) is 16.5 Å². The summed E-state index contributed by atoms with van der Waals surface area (Å²) in [4.78, 5) is 48.2. The number of hydrogen-bond acceptors (Lipinski definition) is 7. The first-order valence-electron chi connectivity index (χ1n) is 10.1. The van der Waals surface area contributed by atoms with E-state index in [-0.39, 0.29) is 16.8 Å². The molecule has 0 saturated carbocycles. The molecule has 0 aromatic heterocycles. The van der Waals surface area contributed by atoms with E-state index in [1.54, 1.807) is 0 Å². The average molecular weight is 480 g/mol. The van der Waals surface area contributed by atoms with Crippen molar-refractivity contribution in [3.05, 3.63) is 93.5 Å². The molecule has 3 aromatic rings. The molecule has 0 heterocycles. The summed E-state index contributed by atoms with van der Waals surface area (Å²) in [7, 11) is 0. The van der Waals surface area contributed by atoms with Crippen molar-refractivity contribution >= 4 is 40.9 Å². The maximum absolute atomic E-state index is 12.5. The molecule has 9 nitrogen and oxygen atoms in total. The van der Waals surface area contributed by atoms with Crippen LogP contribution in [-0.2, 0) is 9.53 Å². The van der Waals surface area contributed by atoms with E-state index >= 15 is 0 Å². The Balaban J connectivity index is 1.68. The van der Waals surface area contributed by atoms with E-state index in [1.165, 1.54) is 55.1 Å². The minimum atomic E-state index is -1.18. The zero-order chi connectivity index (χ0) is 24.8. The maximum atomic E-state index is 12.5. The number of esters is 1. The second-order valence-electron chi connectivity index (χ2n) is 7.33. The summed E-state index contributed by atoms with van der Waals surface area (Å²) >= 11 is 1.21. The number of nitrogens with zero attached hydrogens (tertiary/aromatic N) is 1. The fourth-order valence-corrected chi connectivity index (χ4v) is 3.75. The lowest BCUT2D eigenvalue weighted by atomic mass is 10.2. The first-order valence-corrected chi connectivity index (χ1v) is 10.9. The summed E-state index contributed by atoms with van der Waals surface area (Å²) in [5.41, 5.74) is 6.61. The maximum Gasteiger partial charge on any atom is 0.339 e. The number of rotatable bonds is 8. The summed E-state index contributed by atoms with van der Waals surface area (Å²) in [6.45, 7) is 3.32. The van der Waals surface area contributed by atoms with Gasteiger partial charge in [-0.1, -0.05) is 29.5 Å². The molecule has 0 radical (unpaired) electrons. The number of anilines is 1. The van der Waals surface area contributed by atoms with Crippen molar-refractivity contribution in [1.82, 2.24) is 0 Å². The van der Waals surface area contributed by atoms with E-state index in [9.17, 15) is 24.5 Å². The monoisotopic (exact) mass is 479 g/mol. The third kappa shape index (κ3) is 6.20. The Morgan fingerprint density at radius 1 is 1.00 bits per heavy atom. The molecule has 2 amide bonds. The number of amides is 2. The zero-order valence-electron chi connectivity index (χ0n) is 18.3. The molecule has 1 atom stereocenters. The van der Waals surface area contributed by atoms with Gasteiger partial charge in [0.2, 0.25) is 5.91 Å². The van der Waals surface area contributed by atoms with Crippen molar-refractivity contribution in [2.45, 2.75) is 29.7 Å². The number of hydrogen-bond donors (Lipinski definition) is 2. The molecule has 34 heavy (non-hydrogen) atoms.